The standard InChI is InChI=1S/C26H30N4O/c1-5-30-22-9-7-6-8-19(22)14-24(30)25-27-21-13-20(10-11-23(21)28(25)4)26(31)29-15-17(2)12-18(3)16-29/h6-11,13-14,17-18H,5,12,15-16H2,1-4H3. The number of imidazole rings is 1. The fourth-order valence-corrected chi connectivity index (χ4v) is 5.31. The molecule has 2 aromatic carbocycles. The van der Waals surface area contributed by atoms with Crippen LogP contribution in [0.5, 0.6) is 0 Å². The average Bonchev–Trinajstić information content (AvgIpc) is 3.29. The fraction of sp³-hybridized carbons (Fsp3) is 0.385. The number of piperidine rings is 1. The summed E-state index contributed by atoms with van der Waals surface area (Å²) in [7, 11) is 2.05. The Morgan fingerprint density at radius 2 is 1.77 bits per heavy atom. The highest BCUT2D eigenvalue weighted by molar-refractivity contribution is 5.98. The van der Waals surface area contributed by atoms with Crippen molar-refractivity contribution in [3.63, 3.8) is 0 Å². The molecule has 2 aromatic heterocycles. The van der Waals surface area contributed by atoms with Crippen molar-refractivity contribution in [1.82, 2.24) is 19.0 Å². The van der Waals surface area contributed by atoms with Gasteiger partial charge >= 0.3 is 0 Å². The zero-order valence-electron chi connectivity index (χ0n) is 18.8. The topological polar surface area (TPSA) is 43.1 Å². The highest BCUT2D eigenvalue weighted by atomic mass is 16.2. The number of carbonyl (C=O) groups excluding carboxylic acids is 1. The van der Waals surface area contributed by atoms with E-state index in [-0.39, 0.29) is 5.91 Å². The maximum atomic E-state index is 13.2. The van der Waals surface area contributed by atoms with Crippen LogP contribution in [0, 0.1) is 11.8 Å². The van der Waals surface area contributed by atoms with E-state index in [0.717, 1.165) is 47.7 Å². The van der Waals surface area contributed by atoms with E-state index in [9.17, 15) is 4.79 Å². The van der Waals surface area contributed by atoms with E-state index in [1.54, 1.807) is 0 Å². The summed E-state index contributed by atoms with van der Waals surface area (Å²) in [6.45, 7) is 9.18. The third-order valence-electron chi connectivity index (χ3n) is 6.64. The van der Waals surface area contributed by atoms with Gasteiger partial charge in [-0.25, -0.2) is 4.98 Å². The first-order valence-corrected chi connectivity index (χ1v) is 11.3. The van der Waals surface area contributed by atoms with Gasteiger partial charge in [-0.15, -0.1) is 0 Å². The number of aryl methyl sites for hydroxylation is 2. The first kappa shape index (κ1) is 19.9. The van der Waals surface area contributed by atoms with E-state index in [4.69, 9.17) is 4.98 Å². The van der Waals surface area contributed by atoms with E-state index < -0.39 is 0 Å². The zero-order chi connectivity index (χ0) is 21.7. The minimum Gasteiger partial charge on any atom is -0.338 e. The van der Waals surface area contributed by atoms with Gasteiger partial charge in [-0.05, 0) is 55.5 Å². The molecule has 5 rings (SSSR count). The van der Waals surface area contributed by atoms with Gasteiger partial charge in [0.25, 0.3) is 5.91 Å². The molecule has 0 bridgehead atoms. The molecule has 1 saturated heterocycles. The van der Waals surface area contributed by atoms with Gasteiger partial charge in [0.2, 0.25) is 0 Å². The third-order valence-corrected chi connectivity index (χ3v) is 6.64. The molecule has 0 aliphatic carbocycles. The molecule has 160 valence electrons. The normalized spacial score (nSPS) is 19.4. The Morgan fingerprint density at radius 1 is 1.03 bits per heavy atom. The van der Waals surface area contributed by atoms with Crippen molar-refractivity contribution in [2.24, 2.45) is 18.9 Å². The number of rotatable bonds is 3. The number of fused-ring (bicyclic) bond motifs is 2. The SMILES string of the molecule is CCn1c(-c2nc3cc(C(=O)N4CC(C)CC(C)C4)ccc3n2C)cc2ccccc21. The molecule has 1 amide bonds. The second kappa shape index (κ2) is 7.56. The van der Waals surface area contributed by atoms with Crippen molar-refractivity contribution in [2.45, 2.75) is 33.7 Å². The Kier molecular flexibility index (Phi) is 4.84. The third kappa shape index (κ3) is 3.32. The summed E-state index contributed by atoms with van der Waals surface area (Å²) in [6, 6.07) is 16.6. The van der Waals surface area contributed by atoms with Crippen LogP contribution in [0.15, 0.2) is 48.5 Å². The van der Waals surface area contributed by atoms with E-state index >= 15 is 0 Å². The minimum absolute atomic E-state index is 0.121. The molecule has 3 heterocycles. The molecule has 31 heavy (non-hydrogen) atoms. The second-order valence-electron chi connectivity index (χ2n) is 9.19. The molecule has 0 N–H and O–H groups in total. The molecule has 5 nitrogen and oxygen atoms in total. The van der Waals surface area contributed by atoms with Gasteiger partial charge in [-0.1, -0.05) is 32.0 Å². The zero-order valence-corrected chi connectivity index (χ0v) is 18.8. The number of carbonyl (C=O) groups is 1. The summed E-state index contributed by atoms with van der Waals surface area (Å²) in [4.78, 5) is 20.2. The summed E-state index contributed by atoms with van der Waals surface area (Å²) >= 11 is 0. The first-order valence-electron chi connectivity index (χ1n) is 11.3. The van der Waals surface area contributed by atoms with Crippen LogP contribution in [-0.4, -0.2) is 38.0 Å². The molecular formula is C26H30N4O. The Hall–Kier alpha value is -3.08. The van der Waals surface area contributed by atoms with Gasteiger partial charge in [0.05, 0.1) is 16.7 Å². The lowest BCUT2D eigenvalue weighted by Crippen LogP contribution is -2.42. The molecule has 2 atom stereocenters. The number of aromatic nitrogens is 3. The number of amides is 1. The Balaban J connectivity index is 1.56. The molecule has 0 spiro atoms. The quantitative estimate of drug-likeness (QED) is 0.455. The average molecular weight is 415 g/mol. The number of likely N-dealkylation sites (tertiary alicyclic amines) is 1. The van der Waals surface area contributed by atoms with Crippen LogP contribution in [0.3, 0.4) is 0 Å². The van der Waals surface area contributed by atoms with Crippen molar-refractivity contribution < 1.29 is 4.79 Å². The monoisotopic (exact) mass is 414 g/mol. The fourth-order valence-electron chi connectivity index (χ4n) is 5.31. The largest absolute Gasteiger partial charge is 0.338 e. The van der Waals surface area contributed by atoms with E-state index in [1.165, 1.54) is 17.3 Å². The van der Waals surface area contributed by atoms with Gasteiger partial charge in [0.15, 0.2) is 5.82 Å². The van der Waals surface area contributed by atoms with E-state index in [0.29, 0.717) is 11.8 Å². The maximum absolute atomic E-state index is 13.2. The molecule has 4 aromatic rings. The molecule has 5 heteroatoms. The molecule has 1 aliphatic heterocycles. The van der Waals surface area contributed by atoms with Crippen LogP contribution in [-0.2, 0) is 13.6 Å². The lowest BCUT2D eigenvalue weighted by molar-refractivity contribution is 0.0623. The second-order valence-corrected chi connectivity index (χ2v) is 9.19. The maximum Gasteiger partial charge on any atom is 0.253 e. The molecule has 0 radical (unpaired) electrons. The smallest absolute Gasteiger partial charge is 0.253 e. The highest BCUT2D eigenvalue weighted by Gasteiger charge is 2.26. The predicted octanol–water partition coefficient (Wildman–Crippen LogP) is 5.33. The van der Waals surface area contributed by atoms with Crippen LogP contribution in [0.1, 0.15) is 37.6 Å². The van der Waals surface area contributed by atoms with Crippen LogP contribution in [0.25, 0.3) is 33.5 Å². The Bertz CT molecular complexity index is 1270. The van der Waals surface area contributed by atoms with Crippen LogP contribution < -0.4 is 0 Å². The van der Waals surface area contributed by atoms with Crippen molar-refractivity contribution in [1.29, 1.82) is 0 Å². The molecule has 1 fully saturated rings. The van der Waals surface area contributed by atoms with Crippen LogP contribution >= 0.6 is 0 Å². The highest BCUT2D eigenvalue weighted by Crippen LogP contribution is 2.30. The predicted molar refractivity (Wildman–Crippen MR) is 126 cm³/mol. The number of para-hydroxylation sites is 1. The molecular weight excluding hydrogens is 384 g/mol. The van der Waals surface area contributed by atoms with Crippen LogP contribution in [0.2, 0.25) is 0 Å². The summed E-state index contributed by atoms with van der Waals surface area (Å²) in [5.74, 6) is 2.15. The summed E-state index contributed by atoms with van der Waals surface area (Å²) in [5, 5.41) is 1.22. The summed E-state index contributed by atoms with van der Waals surface area (Å²) < 4.78 is 4.44. The van der Waals surface area contributed by atoms with Gasteiger partial charge in [-0.2, -0.15) is 0 Å². The molecule has 2 unspecified atom stereocenters. The van der Waals surface area contributed by atoms with Gasteiger partial charge in [0.1, 0.15) is 0 Å². The lowest BCUT2D eigenvalue weighted by atomic mass is 9.91. The van der Waals surface area contributed by atoms with Crippen molar-refractivity contribution in [2.75, 3.05) is 13.1 Å². The number of hydrogen-bond donors (Lipinski definition) is 0. The van der Waals surface area contributed by atoms with E-state index in [2.05, 4.69) is 67.3 Å². The number of benzene rings is 2. The summed E-state index contributed by atoms with van der Waals surface area (Å²) in [6.07, 6.45) is 1.19. The molecule has 0 saturated carbocycles. The van der Waals surface area contributed by atoms with Gasteiger partial charge in [0, 0.05) is 43.1 Å². The number of hydrogen-bond acceptors (Lipinski definition) is 2. The van der Waals surface area contributed by atoms with Gasteiger partial charge < -0.3 is 14.0 Å². The van der Waals surface area contributed by atoms with Crippen molar-refractivity contribution in [3.8, 4) is 11.5 Å². The first-order chi connectivity index (χ1) is 15.0. The van der Waals surface area contributed by atoms with Crippen LogP contribution in [0.4, 0.5) is 0 Å². The number of nitrogens with zero attached hydrogens (tertiary/aromatic N) is 4. The minimum atomic E-state index is 0.121. The molecule has 1 aliphatic rings. The van der Waals surface area contributed by atoms with E-state index in [1.807, 2.05) is 23.1 Å². The Morgan fingerprint density at radius 3 is 2.52 bits per heavy atom. The Labute approximate surface area is 183 Å². The van der Waals surface area contributed by atoms with Gasteiger partial charge in [-0.3, -0.25) is 4.79 Å². The van der Waals surface area contributed by atoms with Crippen molar-refractivity contribution in [3.05, 3.63) is 54.1 Å². The van der Waals surface area contributed by atoms with Crippen molar-refractivity contribution >= 4 is 27.8 Å². The summed E-state index contributed by atoms with van der Waals surface area (Å²) in [5.41, 5.74) is 4.97. The lowest BCUT2D eigenvalue weighted by Gasteiger charge is -2.35.